The number of aromatic nitrogens is 2. The Morgan fingerprint density at radius 1 is 1.68 bits per heavy atom. The van der Waals surface area contributed by atoms with Crippen LogP contribution in [0.1, 0.15) is 13.2 Å². The summed E-state index contributed by atoms with van der Waals surface area (Å²) in [5, 5.41) is 18.3. The molecule has 2 rings (SSSR count). The molecule has 0 spiro atoms. The highest BCUT2D eigenvalue weighted by Gasteiger charge is 2.56. The van der Waals surface area contributed by atoms with Crippen molar-refractivity contribution in [2.24, 2.45) is 0 Å². The van der Waals surface area contributed by atoms with Crippen LogP contribution in [0, 0.1) is 0 Å². The molecule has 19 heavy (non-hydrogen) atoms. The first kappa shape index (κ1) is 13.7. The maximum Gasteiger partial charge on any atom is 0.351 e. The zero-order valence-corrected chi connectivity index (χ0v) is 9.96. The van der Waals surface area contributed by atoms with Crippen LogP contribution in [0.15, 0.2) is 11.0 Å². The Kier molecular flexibility index (Phi) is 3.19. The van der Waals surface area contributed by atoms with Gasteiger partial charge in [-0.1, -0.05) is 0 Å². The molecule has 1 aliphatic heterocycles. The van der Waals surface area contributed by atoms with Crippen molar-refractivity contribution in [3.63, 3.8) is 0 Å². The highest BCUT2D eigenvalue weighted by Crippen LogP contribution is 2.41. The van der Waals surface area contributed by atoms with Crippen molar-refractivity contribution in [3.05, 3.63) is 16.7 Å². The molecule has 0 saturated carbocycles. The van der Waals surface area contributed by atoms with E-state index in [1.54, 1.807) is 0 Å². The van der Waals surface area contributed by atoms with E-state index in [4.69, 9.17) is 15.6 Å². The number of aromatic hydroxyl groups is 1. The van der Waals surface area contributed by atoms with E-state index in [0.29, 0.717) is 4.57 Å². The fourth-order valence-electron chi connectivity index (χ4n) is 1.91. The Morgan fingerprint density at radius 2 is 2.32 bits per heavy atom. The molecule has 1 aromatic rings. The summed E-state index contributed by atoms with van der Waals surface area (Å²) >= 11 is 0. The van der Waals surface area contributed by atoms with Crippen LogP contribution in [0.4, 0.5) is 14.6 Å². The summed E-state index contributed by atoms with van der Waals surface area (Å²) in [7, 11) is 0. The van der Waals surface area contributed by atoms with Gasteiger partial charge in [0.05, 0.1) is 12.8 Å². The smallest absolute Gasteiger partial charge is 0.351 e. The van der Waals surface area contributed by atoms with E-state index in [-0.39, 0.29) is 0 Å². The average Bonchev–Trinajstić information content (AvgIpc) is 2.56. The topological polar surface area (TPSA) is 111 Å². The van der Waals surface area contributed by atoms with E-state index in [9.17, 15) is 18.7 Å². The van der Waals surface area contributed by atoms with Gasteiger partial charge in [0.25, 0.3) is 0 Å². The van der Waals surface area contributed by atoms with Gasteiger partial charge in [-0.2, -0.15) is 4.98 Å². The van der Waals surface area contributed by atoms with Crippen molar-refractivity contribution in [1.82, 2.24) is 9.55 Å². The normalized spacial score (nSPS) is 34.6. The predicted molar refractivity (Wildman–Crippen MR) is 60.0 cm³/mol. The third-order valence-corrected chi connectivity index (χ3v) is 3.12. The number of nitrogens with zero attached hydrogens (tertiary/aromatic N) is 2. The van der Waals surface area contributed by atoms with Gasteiger partial charge in [-0.25, -0.2) is 13.6 Å². The number of nitrogen functional groups attached to an aromatic ring is 1. The van der Waals surface area contributed by atoms with Crippen molar-refractivity contribution >= 4 is 5.82 Å². The largest absolute Gasteiger partial charge is 0.503 e. The second-order valence-corrected chi connectivity index (χ2v) is 4.45. The molecular weight excluding hydrogens is 264 g/mol. The van der Waals surface area contributed by atoms with Crippen LogP contribution < -0.4 is 11.4 Å². The monoisotopic (exact) mass is 277 g/mol. The minimum atomic E-state index is -2.46. The molecule has 1 aliphatic rings. The number of nitrogens with two attached hydrogens (primary N) is 1. The van der Waals surface area contributed by atoms with Gasteiger partial charge in [0.15, 0.2) is 29.6 Å². The van der Waals surface area contributed by atoms with Gasteiger partial charge in [-0.15, -0.1) is 0 Å². The zero-order valence-electron chi connectivity index (χ0n) is 9.96. The Morgan fingerprint density at radius 3 is 2.84 bits per heavy atom. The first-order valence-corrected chi connectivity index (χ1v) is 5.46. The zero-order chi connectivity index (χ0) is 14.4. The number of ether oxygens (including phenoxy) is 1. The van der Waals surface area contributed by atoms with Crippen molar-refractivity contribution in [2.75, 3.05) is 12.3 Å². The molecule has 2 heterocycles. The number of hydrogen-bond donors (Lipinski definition) is 3. The lowest BCUT2D eigenvalue weighted by molar-refractivity contribution is -0.0533. The maximum atomic E-state index is 14.0. The van der Waals surface area contributed by atoms with Gasteiger partial charge >= 0.3 is 5.69 Å². The van der Waals surface area contributed by atoms with Gasteiger partial charge < -0.3 is 20.7 Å². The molecule has 0 aliphatic carbocycles. The van der Waals surface area contributed by atoms with E-state index in [2.05, 4.69) is 4.98 Å². The third kappa shape index (κ3) is 2.04. The van der Waals surface area contributed by atoms with Gasteiger partial charge in [0.2, 0.25) is 0 Å². The average molecular weight is 277 g/mol. The van der Waals surface area contributed by atoms with Crippen LogP contribution in [0.25, 0.3) is 0 Å². The summed E-state index contributed by atoms with van der Waals surface area (Å²) in [6, 6.07) is 0. The number of rotatable bonds is 2. The molecule has 0 amide bonds. The second kappa shape index (κ2) is 4.42. The van der Waals surface area contributed by atoms with Gasteiger partial charge in [-0.05, 0) is 6.92 Å². The molecule has 0 aromatic carbocycles. The summed E-state index contributed by atoms with van der Waals surface area (Å²) in [6.45, 7) is 0.182. The van der Waals surface area contributed by atoms with Crippen LogP contribution in [0.5, 0.6) is 5.75 Å². The van der Waals surface area contributed by atoms with Gasteiger partial charge in [-0.3, -0.25) is 4.57 Å². The molecule has 0 radical (unpaired) electrons. The van der Waals surface area contributed by atoms with Crippen LogP contribution in [0.2, 0.25) is 0 Å². The Labute approximate surface area is 106 Å². The predicted octanol–water partition coefficient (Wildman–Crippen LogP) is -0.513. The summed E-state index contributed by atoms with van der Waals surface area (Å²) in [4.78, 5) is 14.8. The number of aliphatic hydroxyl groups excluding tert-OH is 1. The summed E-state index contributed by atoms with van der Waals surface area (Å²) < 4.78 is 33.6. The van der Waals surface area contributed by atoms with Gasteiger partial charge in [0, 0.05) is 0 Å². The summed E-state index contributed by atoms with van der Waals surface area (Å²) in [6.07, 6.45) is -4.43. The number of hydrogen-bond acceptors (Lipinski definition) is 6. The molecule has 106 valence electrons. The molecule has 1 aromatic heterocycles. The highest BCUT2D eigenvalue weighted by atomic mass is 19.2. The molecule has 4 N–H and O–H groups in total. The van der Waals surface area contributed by atoms with E-state index in [1.807, 2.05) is 0 Å². The standard InChI is InChI=1S/C10H13F2N3O4/c1-10(12)5(3-16)19-8(6(10)11)15-2-4(17)7(13)14-9(15)18/h2,5-6,8,16-17H,3H2,1H3,(H2,13,14,18). The Balaban J connectivity index is 2.44. The number of anilines is 1. The van der Waals surface area contributed by atoms with E-state index < -0.39 is 48.0 Å². The fourth-order valence-corrected chi connectivity index (χ4v) is 1.91. The lowest BCUT2D eigenvalue weighted by Crippen LogP contribution is -2.40. The van der Waals surface area contributed by atoms with Crippen molar-refractivity contribution in [1.29, 1.82) is 0 Å². The number of alkyl halides is 2. The molecule has 9 heteroatoms. The minimum Gasteiger partial charge on any atom is -0.503 e. The third-order valence-electron chi connectivity index (χ3n) is 3.12. The second-order valence-electron chi connectivity index (χ2n) is 4.45. The van der Waals surface area contributed by atoms with Crippen LogP contribution in [-0.4, -0.2) is 44.3 Å². The fraction of sp³-hybridized carbons (Fsp3) is 0.600. The van der Waals surface area contributed by atoms with E-state index in [0.717, 1.165) is 13.1 Å². The first-order valence-electron chi connectivity index (χ1n) is 5.46. The lowest BCUT2D eigenvalue weighted by atomic mass is 9.98. The van der Waals surface area contributed by atoms with Gasteiger partial charge in [0.1, 0.15) is 6.10 Å². The van der Waals surface area contributed by atoms with Crippen molar-refractivity contribution in [2.45, 2.75) is 31.1 Å². The van der Waals surface area contributed by atoms with Crippen molar-refractivity contribution < 1.29 is 23.7 Å². The number of halogens is 2. The Bertz CT molecular complexity index is 548. The summed E-state index contributed by atoms with van der Waals surface area (Å²) in [5.74, 6) is -0.972. The molecule has 0 bridgehead atoms. The van der Waals surface area contributed by atoms with Crippen LogP contribution in [-0.2, 0) is 4.74 Å². The molecule has 1 fully saturated rings. The quantitative estimate of drug-likeness (QED) is 0.671. The summed E-state index contributed by atoms with van der Waals surface area (Å²) in [5.41, 5.74) is 1.76. The maximum absolute atomic E-state index is 14.0. The molecule has 4 unspecified atom stereocenters. The van der Waals surface area contributed by atoms with Crippen molar-refractivity contribution in [3.8, 4) is 5.75 Å². The van der Waals surface area contributed by atoms with Crippen LogP contribution >= 0.6 is 0 Å². The first-order chi connectivity index (χ1) is 8.78. The Hall–Kier alpha value is -1.74. The van der Waals surface area contributed by atoms with E-state index >= 15 is 0 Å². The SMILES string of the molecule is CC1(F)C(CO)OC(n2cc(O)c(N)nc2=O)C1F. The molecule has 7 nitrogen and oxygen atoms in total. The minimum absolute atomic E-state index is 0.420. The lowest BCUT2D eigenvalue weighted by Gasteiger charge is -2.20. The van der Waals surface area contributed by atoms with E-state index in [1.165, 1.54) is 0 Å². The molecular formula is C10H13F2N3O4. The molecule has 1 saturated heterocycles. The highest BCUT2D eigenvalue weighted by molar-refractivity contribution is 5.41. The molecule has 4 atom stereocenters. The number of aliphatic hydroxyl groups is 1. The van der Waals surface area contributed by atoms with Crippen LogP contribution in [0.3, 0.4) is 0 Å².